The number of fused-ring (bicyclic) bond motifs is 1. The number of aromatic nitrogens is 4. The molecule has 1 N–H and O–H groups in total. The number of carbonyl (C=O) groups is 1. The number of benzene rings is 1. The predicted molar refractivity (Wildman–Crippen MR) is 97.9 cm³/mol. The number of thioether (sulfide) groups is 2. The van der Waals surface area contributed by atoms with Gasteiger partial charge < -0.3 is 5.32 Å². The standard InChI is InChI=1S/C16H15F2N5OS2/c1-9-7-10(2)23-15(19-9)21-16(22-23)25-8-13(24)20-11-3-5-12(6-4-11)26-14(17)18/h3-7,14H,8H2,1-2H3,(H,20,24). The molecular formula is C16H15F2N5OS2. The third kappa shape index (κ3) is 4.70. The van der Waals surface area contributed by atoms with Crippen LogP contribution >= 0.6 is 23.5 Å². The average molecular weight is 395 g/mol. The van der Waals surface area contributed by atoms with Crippen LogP contribution in [0.2, 0.25) is 0 Å². The normalized spacial score (nSPS) is 11.3. The maximum atomic E-state index is 12.3. The summed E-state index contributed by atoms with van der Waals surface area (Å²) in [4.78, 5) is 21.1. The summed E-state index contributed by atoms with van der Waals surface area (Å²) in [6.45, 7) is 3.79. The quantitative estimate of drug-likeness (QED) is 0.641. The third-order valence-electron chi connectivity index (χ3n) is 3.29. The molecule has 0 aliphatic heterocycles. The summed E-state index contributed by atoms with van der Waals surface area (Å²) in [5.41, 5.74) is 2.31. The Morgan fingerprint density at radius 2 is 1.96 bits per heavy atom. The Kier molecular flexibility index (Phi) is 5.72. The van der Waals surface area contributed by atoms with Crippen LogP contribution in [0, 0.1) is 13.8 Å². The van der Waals surface area contributed by atoms with Crippen molar-refractivity contribution in [2.24, 2.45) is 0 Å². The van der Waals surface area contributed by atoms with Crippen molar-refractivity contribution in [2.45, 2.75) is 29.7 Å². The third-order valence-corrected chi connectivity index (χ3v) is 4.85. The molecule has 0 bridgehead atoms. The fourth-order valence-corrected chi connectivity index (χ4v) is 3.37. The fourth-order valence-electron chi connectivity index (χ4n) is 2.26. The van der Waals surface area contributed by atoms with Gasteiger partial charge in [-0.2, -0.15) is 13.8 Å². The number of aryl methyl sites for hydroxylation is 2. The van der Waals surface area contributed by atoms with Gasteiger partial charge >= 0.3 is 0 Å². The fraction of sp³-hybridized carbons (Fsp3) is 0.250. The van der Waals surface area contributed by atoms with Gasteiger partial charge in [0.25, 0.3) is 11.5 Å². The minimum atomic E-state index is -2.47. The number of anilines is 1. The minimum absolute atomic E-state index is 0.127. The molecule has 0 saturated carbocycles. The van der Waals surface area contributed by atoms with Gasteiger partial charge in [-0.1, -0.05) is 23.5 Å². The molecule has 10 heteroatoms. The molecule has 2 aromatic heterocycles. The van der Waals surface area contributed by atoms with Crippen LogP contribution in [0.1, 0.15) is 11.4 Å². The lowest BCUT2D eigenvalue weighted by atomic mass is 10.3. The van der Waals surface area contributed by atoms with Crippen LogP contribution in [0.3, 0.4) is 0 Å². The highest BCUT2D eigenvalue weighted by atomic mass is 32.2. The van der Waals surface area contributed by atoms with E-state index in [2.05, 4.69) is 20.4 Å². The van der Waals surface area contributed by atoms with Crippen molar-refractivity contribution < 1.29 is 13.6 Å². The van der Waals surface area contributed by atoms with Crippen molar-refractivity contribution in [1.29, 1.82) is 0 Å². The number of amides is 1. The van der Waals surface area contributed by atoms with E-state index < -0.39 is 5.76 Å². The van der Waals surface area contributed by atoms with Gasteiger partial charge in [-0.05, 0) is 44.2 Å². The molecule has 0 radical (unpaired) electrons. The van der Waals surface area contributed by atoms with Crippen molar-refractivity contribution >= 4 is 40.9 Å². The SMILES string of the molecule is Cc1cc(C)n2nc(SCC(=O)Nc3ccc(SC(F)F)cc3)nc2n1. The number of carbonyl (C=O) groups excluding carboxylic acids is 1. The van der Waals surface area contributed by atoms with Crippen LogP contribution in [-0.2, 0) is 4.79 Å². The van der Waals surface area contributed by atoms with E-state index >= 15 is 0 Å². The molecule has 0 spiro atoms. The first kappa shape index (κ1) is 18.6. The van der Waals surface area contributed by atoms with Crippen molar-refractivity contribution in [3.63, 3.8) is 0 Å². The topological polar surface area (TPSA) is 72.2 Å². The molecule has 2 heterocycles. The van der Waals surface area contributed by atoms with Gasteiger partial charge in [0.1, 0.15) is 0 Å². The number of halogens is 2. The second-order valence-corrected chi connectivity index (χ2v) is 7.39. The molecular weight excluding hydrogens is 380 g/mol. The van der Waals surface area contributed by atoms with E-state index in [1.807, 2.05) is 19.9 Å². The highest BCUT2D eigenvalue weighted by Crippen LogP contribution is 2.26. The Balaban J connectivity index is 1.58. The van der Waals surface area contributed by atoms with Gasteiger partial charge in [0.2, 0.25) is 11.1 Å². The number of alkyl halides is 2. The summed E-state index contributed by atoms with van der Waals surface area (Å²) >= 11 is 1.66. The van der Waals surface area contributed by atoms with Gasteiger partial charge in [0, 0.05) is 22.0 Å². The Labute approximate surface area is 156 Å². The van der Waals surface area contributed by atoms with Crippen LogP contribution in [0.5, 0.6) is 0 Å². The summed E-state index contributed by atoms with van der Waals surface area (Å²) in [7, 11) is 0. The molecule has 3 rings (SSSR count). The Morgan fingerprint density at radius 3 is 2.65 bits per heavy atom. The average Bonchev–Trinajstić information content (AvgIpc) is 2.97. The molecule has 26 heavy (non-hydrogen) atoms. The smallest absolute Gasteiger partial charge is 0.288 e. The van der Waals surface area contributed by atoms with Crippen LogP contribution < -0.4 is 5.32 Å². The maximum Gasteiger partial charge on any atom is 0.288 e. The largest absolute Gasteiger partial charge is 0.325 e. The van der Waals surface area contributed by atoms with Gasteiger partial charge in [-0.15, -0.1) is 5.10 Å². The van der Waals surface area contributed by atoms with Crippen LogP contribution in [0.15, 0.2) is 40.4 Å². The van der Waals surface area contributed by atoms with Crippen LogP contribution in [-0.4, -0.2) is 37.0 Å². The zero-order valence-electron chi connectivity index (χ0n) is 13.9. The minimum Gasteiger partial charge on any atom is -0.325 e. The first-order valence-electron chi connectivity index (χ1n) is 7.59. The van der Waals surface area contributed by atoms with E-state index in [0.29, 0.717) is 33.3 Å². The summed E-state index contributed by atoms with van der Waals surface area (Å²) in [6.07, 6.45) is 0. The molecule has 6 nitrogen and oxygen atoms in total. The molecule has 1 aromatic carbocycles. The first-order chi connectivity index (χ1) is 12.4. The van der Waals surface area contributed by atoms with Crippen molar-refractivity contribution in [3.05, 3.63) is 41.7 Å². The van der Waals surface area contributed by atoms with E-state index in [0.717, 1.165) is 11.4 Å². The Morgan fingerprint density at radius 1 is 1.23 bits per heavy atom. The summed E-state index contributed by atoms with van der Waals surface area (Å²) in [6, 6.07) is 8.16. The number of hydrogen-bond donors (Lipinski definition) is 1. The van der Waals surface area contributed by atoms with Crippen molar-refractivity contribution in [2.75, 3.05) is 11.1 Å². The first-order valence-corrected chi connectivity index (χ1v) is 9.46. The molecule has 0 saturated heterocycles. The second kappa shape index (κ2) is 8.00. The van der Waals surface area contributed by atoms with Gasteiger partial charge in [-0.25, -0.2) is 9.50 Å². The molecule has 136 valence electrons. The van der Waals surface area contributed by atoms with E-state index in [1.54, 1.807) is 28.8 Å². The Hall–Kier alpha value is -2.20. The number of nitrogens with zero attached hydrogens (tertiary/aromatic N) is 4. The number of hydrogen-bond acceptors (Lipinski definition) is 6. The lowest BCUT2D eigenvalue weighted by molar-refractivity contribution is -0.113. The van der Waals surface area contributed by atoms with E-state index in [1.165, 1.54) is 11.8 Å². The van der Waals surface area contributed by atoms with E-state index in [9.17, 15) is 13.6 Å². The van der Waals surface area contributed by atoms with Gasteiger partial charge in [0.05, 0.1) is 5.75 Å². The zero-order valence-corrected chi connectivity index (χ0v) is 15.6. The molecule has 0 fully saturated rings. The summed E-state index contributed by atoms with van der Waals surface area (Å²) in [5.74, 6) is -2.07. The highest BCUT2D eigenvalue weighted by molar-refractivity contribution is 8.00. The molecule has 0 unspecified atom stereocenters. The molecule has 0 aliphatic rings. The highest BCUT2D eigenvalue weighted by Gasteiger charge is 2.11. The molecule has 1 amide bonds. The molecule has 0 atom stereocenters. The summed E-state index contributed by atoms with van der Waals surface area (Å²) in [5, 5.41) is 7.50. The number of nitrogens with one attached hydrogen (secondary N) is 1. The maximum absolute atomic E-state index is 12.3. The van der Waals surface area contributed by atoms with Crippen molar-refractivity contribution in [1.82, 2.24) is 19.6 Å². The van der Waals surface area contributed by atoms with Crippen molar-refractivity contribution in [3.8, 4) is 0 Å². The van der Waals surface area contributed by atoms with Gasteiger partial charge in [0.15, 0.2) is 0 Å². The van der Waals surface area contributed by atoms with Crippen LogP contribution in [0.4, 0.5) is 14.5 Å². The van der Waals surface area contributed by atoms with Crippen LogP contribution in [0.25, 0.3) is 5.78 Å². The number of rotatable bonds is 6. The molecule has 3 aromatic rings. The second-order valence-electron chi connectivity index (χ2n) is 5.38. The van der Waals surface area contributed by atoms with E-state index in [-0.39, 0.29) is 11.7 Å². The monoisotopic (exact) mass is 395 g/mol. The predicted octanol–water partition coefficient (Wildman–Crippen LogP) is 3.79. The lowest BCUT2D eigenvalue weighted by Gasteiger charge is -2.05. The van der Waals surface area contributed by atoms with Gasteiger partial charge in [-0.3, -0.25) is 4.79 Å². The summed E-state index contributed by atoms with van der Waals surface area (Å²) < 4.78 is 26.2. The lowest BCUT2D eigenvalue weighted by Crippen LogP contribution is -2.14. The zero-order chi connectivity index (χ0) is 18.7. The Bertz CT molecular complexity index is 930. The molecule has 0 aliphatic carbocycles. The van der Waals surface area contributed by atoms with E-state index in [4.69, 9.17) is 0 Å².